The number of carbonyl (C=O) groups excluding carboxylic acids is 2. The Morgan fingerprint density at radius 2 is 1.94 bits per heavy atom. The largest absolute Gasteiger partial charge is 0.464 e. The van der Waals surface area contributed by atoms with Crippen LogP contribution >= 0.6 is 0 Å². The molecule has 18 heavy (non-hydrogen) atoms. The number of hydrogen-bond donors (Lipinski definition) is 2. The molecule has 2 atom stereocenters. The van der Waals surface area contributed by atoms with Crippen LogP contribution in [0.3, 0.4) is 0 Å². The Morgan fingerprint density at radius 1 is 1.39 bits per heavy atom. The first-order chi connectivity index (χ1) is 8.21. The highest BCUT2D eigenvalue weighted by atomic mass is 19.1. The summed E-state index contributed by atoms with van der Waals surface area (Å²) in [5.41, 5.74) is -0.750. The van der Waals surface area contributed by atoms with Gasteiger partial charge in [-0.1, -0.05) is 0 Å². The Kier molecular flexibility index (Phi) is 6.61. The molecule has 0 aromatic rings. The maximum Gasteiger partial charge on any atom is 0.408 e. The van der Waals surface area contributed by atoms with E-state index in [2.05, 4.69) is 10.1 Å². The van der Waals surface area contributed by atoms with E-state index < -0.39 is 36.5 Å². The number of aliphatic hydroxyl groups excluding tert-OH is 1. The molecule has 7 heteroatoms. The van der Waals surface area contributed by atoms with Crippen LogP contribution in [0.25, 0.3) is 0 Å². The fourth-order valence-electron chi connectivity index (χ4n) is 1.06. The molecule has 0 saturated heterocycles. The topological polar surface area (TPSA) is 84.9 Å². The minimum Gasteiger partial charge on any atom is -0.464 e. The van der Waals surface area contributed by atoms with Crippen molar-refractivity contribution >= 4 is 12.1 Å². The lowest BCUT2D eigenvalue weighted by molar-refractivity contribution is -0.150. The number of halogens is 1. The van der Waals surface area contributed by atoms with Crippen LogP contribution in [-0.4, -0.2) is 48.2 Å². The second-order valence-corrected chi connectivity index (χ2v) is 4.59. The lowest BCUT2D eigenvalue weighted by atomic mass is 10.2. The van der Waals surface area contributed by atoms with Gasteiger partial charge in [-0.15, -0.1) is 0 Å². The molecule has 0 fully saturated rings. The third kappa shape index (κ3) is 6.39. The molecule has 0 aromatic heterocycles. The molecule has 0 rings (SSSR count). The van der Waals surface area contributed by atoms with Crippen molar-refractivity contribution in [2.24, 2.45) is 0 Å². The molecule has 2 unspecified atom stereocenters. The molecule has 0 bridgehead atoms. The first-order valence-electron chi connectivity index (χ1n) is 5.62. The number of carbonyl (C=O) groups is 2. The number of esters is 1. The molecule has 0 spiro atoms. The van der Waals surface area contributed by atoms with Gasteiger partial charge < -0.3 is 19.9 Å². The van der Waals surface area contributed by atoms with Gasteiger partial charge in [0.15, 0.2) is 0 Å². The Morgan fingerprint density at radius 3 is 2.33 bits per heavy atom. The number of alkyl halides is 1. The molecular weight excluding hydrogens is 245 g/mol. The Hall–Kier alpha value is -1.37. The Balaban J connectivity index is 4.42. The normalized spacial score (nSPS) is 14.6. The van der Waals surface area contributed by atoms with Crippen LogP contribution < -0.4 is 5.32 Å². The number of aliphatic hydroxyl groups is 1. The van der Waals surface area contributed by atoms with Crippen molar-refractivity contribution in [1.29, 1.82) is 0 Å². The van der Waals surface area contributed by atoms with E-state index in [1.165, 1.54) is 6.92 Å². The molecule has 0 aliphatic rings. The fourth-order valence-corrected chi connectivity index (χ4v) is 1.06. The molecule has 0 aromatic carbocycles. The van der Waals surface area contributed by atoms with Crippen LogP contribution in [0.15, 0.2) is 0 Å². The third-order valence-electron chi connectivity index (χ3n) is 1.76. The summed E-state index contributed by atoms with van der Waals surface area (Å²) in [4.78, 5) is 22.5. The highest BCUT2D eigenvalue weighted by Crippen LogP contribution is 2.08. The van der Waals surface area contributed by atoms with Gasteiger partial charge in [-0.25, -0.2) is 14.0 Å². The van der Waals surface area contributed by atoms with Gasteiger partial charge in [0.05, 0.1) is 19.3 Å². The number of alkyl carbamates (subject to hydrolysis) is 1. The van der Waals surface area contributed by atoms with Crippen LogP contribution in [-0.2, 0) is 14.3 Å². The smallest absolute Gasteiger partial charge is 0.408 e. The van der Waals surface area contributed by atoms with E-state index in [1.54, 1.807) is 20.8 Å². The summed E-state index contributed by atoms with van der Waals surface area (Å²) in [5.74, 6) is -1.13. The highest BCUT2D eigenvalue weighted by molar-refractivity contribution is 5.77. The van der Waals surface area contributed by atoms with E-state index in [0.717, 1.165) is 0 Å². The minimum atomic E-state index is -2.14. The van der Waals surface area contributed by atoms with Crippen LogP contribution in [0, 0.1) is 0 Å². The molecule has 0 radical (unpaired) electrons. The molecular formula is C11H20FNO5. The van der Waals surface area contributed by atoms with Crippen molar-refractivity contribution in [2.75, 3.05) is 13.2 Å². The summed E-state index contributed by atoms with van der Waals surface area (Å²) >= 11 is 0. The van der Waals surface area contributed by atoms with E-state index in [-0.39, 0.29) is 6.61 Å². The molecule has 0 aliphatic carbocycles. The van der Waals surface area contributed by atoms with Gasteiger partial charge in [0.2, 0.25) is 6.17 Å². The summed E-state index contributed by atoms with van der Waals surface area (Å²) in [5, 5.41) is 11.0. The zero-order valence-corrected chi connectivity index (χ0v) is 11.0. The molecule has 0 saturated carbocycles. The monoisotopic (exact) mass is 265 g/mol. The zero-order chi connectivity index (χ0) is 14.3. The van der Waals surface area contributed by atoms with Crippen LogP contribution in [0.2, 0.25) is 0 Å². The third-order valence-corrected chi connectivity index (χ3v) is 1.76. The maximum atomic E-state index is 13.5. The van der Waals surface area contributed by atoms with Crippen molar-refractivity contribution < 1.29 is 28.6 Å². The zero-order valence-electron chi connectivity index (χ0n) is 11.0. The van der Waals surface area contributed by atoms with Crippen molar-refractivity contribution in [2.45, 2.75) is 45.5 Å². The summed E-state index contributed by atoms with van der Waals surface area (Å²) < 4.78 is 22.9. The van der Waals surface area contributed by atoms with E-state index in [4.69, 9.17) is 9.84 Å². The molecule has 1 amide bonds. The van der Waals surface area contributed by atoms with Gasteiger partial charge in [-0.05, 0) is 27.7 Å². The van der Waals surface area contributed by atoms with Crippen molar-refractivity contribution in [3.8, 4) is 0 Å². The predicted octanol–water partition coefficient (Wildman–Crippen LogP) is 0.773. The first-order valence-corrected chi connectivity index (χ1v) is 5.62. The van der Waals surface area contributed by atoms with Gasteiger partial charge in [-0.2, -0.15) is 0 Å². The standard InChI is InChI=1S/C11H20FNO5/c1-5-17-9(15)8(12)7(6-14)13-10(16)18-11(2,3)4/h7-8,14H,5-6H2,1-4H3,(H,13,16). The van der Waals surface area contributed by atoms with E-state index in [9.17, 15) is 14.0 Å². The average Bonchev–Trinajstić information content (AvgIpc) is 2.22. The number of ether oxygens (including phenoxy) is 2. The van der Waals surface area contributed by atoms with E-state index >= 15 is 0 Å². The van der Waals surface area contributed by atoms with E-state index in [0.29, 0.717) is 0 Å². The molecule has 106 valence electrons. The SMILES string of the molecule is CCOC(=O)C(F)C(CO)NC(=O)OC(C)(C)C. The molecule has 2 N–H and O–H groups in total. The quantitative estimate of drug-likeness (QED) is 0.717. The van der Waals surface area contributed by atoms with Crippen molar-refractivity contribution in [1.82, 2.24) is 5.32 Å². The Bertz CT molecular complexity index is 290. The summed E-state index contributed by atoms with van der Waals surface area (Å²) in [6, 6.07) is -1.39. The fraction of sp³-hybridized carbons (Fsp3) is 0.818. The van der Waals surface area contributed by atoms with Crippen molar-refractivity contribution in [3.05, 3.63) is 0 Å². The number of nitrogens with one attached hydrogen (secondary N) is 1. The lowest BCUT2D eigenvalue weighted by Crippen LogP contribution is -2.49. The average molecular weight is 265 g/mol. The number of amides is 1. The summed E-state index contributed by atoms with van der Waals surface area (Å²) in [7, 11) is 0. The van der Waals surface area contributed by atoms with Crippen molar-refractivity contribution in [3.63, 3.8) is 0 Å². The minimum absolute atomic E-state index is 0.0177. The highest BCUT2D eigenvalue weighted by Gasteiger charge is 2.31. The second-order valence-electron chi connectivity index (χ2n) is 4.59. The number of rotatable bonds is 5. The molecule has 6 nitrogen and oxygen atoms in total. The second kappa shape index (κ2) is 7.15. The molecule has 0 heterocycles. The van der Waals surface area contributed by atoms with Crippen LogP contribution in [0.5, 0.6) is 0 Å². The van der Waals surface area contributed by atoms with Gasteiger partial charge in [0.25, 0.3) is 0 Å². The predicted molar refractivity (Wildman–Crippen MR) is 61.8 cm³/mol. The molecule has 0 aliphatic heterocycles. The Labute approximate surface area is 105 Å². The first kappa shape index (κ1) is 16.6. The van der Waals surface area contributed by atoms with Gasteiger partial charge >= 0.3 is 12.1 Å². The summed E-state index contributed by atoms with van der Waals surface area (Å²) in [6.07, 6.45) is -3.05. The maximum absolute atomic E-state index is 13.5. The van der Waals surface area contributed by atoms with Gasteiger partial charge in [0.1, 0.15) is 5.60 Å². The summed E-state index contributed by atoms with van der Waals surface area (Å²) in [6.45, 7) is 5.72. The van der Waals surface area contributed by atoms with E-state index in [1.807, 2.05) is 0 Å². The lowest BCUT2D eigenvalue weighted by Gasteiger charge is -2.23. The van der Waals surface area contributed by atoms with Gasteiger partial charge in [-0.3, -0.25) is 0 Å². The van der Waals surface area contributed by atoms with Crippen LogP contribution in [0.1, 0.15) is 27.7 Å². The van der Waals surface area contributed by atoms with Crippen LogP contribution in [0.4, 0.5) is 9.18 Å². The number of hydrogen-bond acceptors (Lipinski definition) is 5. The van der Waals surface area contributed by atoms with Gasteiger partial charge in [0, 0.05) is 0 Å².